The number of aromatic nitrogens is 1. The summed E-state index contributed by atoms with van der Waals surface area (Å²) in [5, 5.41) is -0.869. The number of alkyl halides is 3. The van der Waals surface area contributed by atoms with Gasteiger partial charge in [-0.2, -0.15) is 13.2 Å². The first-order valence-corrected chi connectivity index (χ1v) is 12.0. The Hall–Kier alpha value is -2.28. The molecule has 2 aromatic rings. The summed E-state index contributed by atoms with van der Waals surface area (Å²) in [6.07, 6.45) is 0.844. The molecule has 0 spiro atoms. The van der Waals surface area contributed by atoms with Crippen molar-refractivity contribution >= 4 is 22.8 Å². The summed E-state index contributed by atoms with van der Waals surface area (Å²) < 4.78 is 49.4. The number of halogens is 4. The zero-order valence-corrected chi connectivity index (χ0v) is 20.8. The Bertz CT molecular complexity index is 1070. The smallest absolute Gasteiger partial charge is 0.416 e. The molecule has 0 aliphatic heterocycles. The third-order valence-corrected chi connectivity index (χ3v) is 7.29. The van der Waals surface area contributed by atoms with Crippen LogP contribution in [0.3, 0.4) is 0 Å². The molecule has 1 heterocycles. The minimum atomic E-state index is -4.69. The molecule has 34 heavy (non-hydrogen) atoms. The van der Waals surface area contributed by atoms with Crippen LogP contribution in [0.15, 0.2) is 24.3 Å². The monoisotopic (exact) mass is 497 g/mol. The van der Waals surface area contributed by atoms with Gasteiger partial charge in [-0.3, -0.25) is 4.79 Å². The number of ether oxygens (including phenoxy) is 1. The predicted octanol–water partition coefficient (Wildman–Crippen LogP) is 7.28. The molecule has 1 fully saturated rings. The second kappa shape index (κ2) is 10.1. The lowest BCUT2D eigenvalue weighted by Gasteiger charge is -2.26. The molecule has 8 heteroatoms. The SMILES string of the molecule is CCOC(=O)c1cc(-c2ccc(C(C)(C)C(=O)Cl)c(C(F)(F)F)c2)n(CC2CCCCC2)c1C. The van der Waals surface area contributed by atoms with Crippen LogP contribution < -0.4 is 0 Å². The van der Waals surface area contributed by atoms with Gasteiger partial charge in [0.2, 0.25) is 5.24 Å². The van der Waals surface area contributed by atoms with Gasteiger partial charge in [0, 0.05) is 17.9 Å². The number of rotatable bonds is 7. The first-order valence-electron chi connectivity index (χ1n) is 11.7. The van der Waals surface area contributed by atoms with Crippen molar-refractivity contribution in [3.05, 3.63) is 46.6 Å². The summed E-state index contributed by atoms with van der Waals surface area (Å²) >= 11 is 5.64. The van der Waals surface area contributed by atoms with Gasteiger partial charge in [0.25, 0.3) is 0 Å². The summed E-state index contributed by atoms with van der Waals surface area (Å²) in [5.41, 5.74) is -0.738. The summed E-state index contributed by atoms with van der Waals surface area (Å²) in [6.45, 7) is 7.09. The lowest BCUT2D eigenvalue weighted by atomic mass is 9.82. The van der Waals surface area contributed by atoms with E-state index < -0.39 is 28.4 Å². The Morgan fingerprint density at radius 1 is 1.09 bits per heavy atom. The van der Waals surface area contributed by atoms with Gasteiger partial charge in [-0.15, -0.1) is 0 Å². The lowest BCUT2D eigenvalue weighted by Crippen LogP contribution is -2.28. The van der Waals surface area contributed by atoms with Crippen LogP contribution in [0.5, 0.6) is 0 Å². The van der Waals surface area contributed by atoms with Crippen molar-refractivity contribution in [1.29, 1.82) is 0 Å². The molecule has 3 rings (SSSR count). The average Bonchev–Trinajstić information content (AvgIpc) is 3.09. The van der Waals surface area contributed by atoms with Crippen LogP contribution in [0.4, 0.5) is 13.2 Å². The van der Waals surface area contributed by atoms with E-state index in [0.29, 0.717) is 35.0 Å². The Balaban J connectivity index is 2.17. The summed E-state index contributed by atoms with van der Waals surface area (Å²) in [5.74, 6) is -0.104. The highest BCUT2D eigenvalue weighted by Gasteiger charge is 2.40. The van der Waals surface area contributed by atoms with Crippen molar-refractivity contribution in [3.8, 4) is 11.3 Å². The topological polar surface area (TPSA) is 48.3 Å². The van der Waals surface area contributed by atoms with Gasteiger partial charge in [0.05, 0.1) is 23.1 Å². The lowest BCUT2D eigenvalue weighted by molar-refractivity contribution is -0.138. The molecule has 0 saturated heterocycles. The first kappa shape index (κ1) is 26.3. The second-order valence-corrected chi connectivity index (χ2v) is 9.86. The summed E-state index contributed by atoms with van der Waals surface area (Å²) in [7, 11) is 0. The maximum atomic E-state index is 14.1. The maximum absolute atomic E-state index is 14.1. The highest BCUT2D eigenvalue weighted by atomic mass is 35.5. The largest absolute Gasteiger partial charge is 0.462 e. The maximum Gasteiger partial charge on any atom is 0.416 e. The van der Waals surface area contributed by atoms with E-state index in [1.807, 2.05) is 4.57 Å². The van der Waals surface area contributed by atoms with E-state index in [4.69, 9.17) is 16.3 Å². The molecule has 4 nitrogen and oxygen atoms in total. The molecule has 0 unspecified atom stereocenters. The van der Waals surface area contributed by atoms with E-state index in [1.165, 1.54) is 26.3 Å². The zero-order chi connectivity index (χ0) is 25.3. The average molecular weight is 498 g/mol. The van der Waals surface area contributed by atoms with Gasteiger partial charge >= 0.3 is 12.1 Å². The molecule has 1 aromatic carbocycles. The van der Waals surface area contributed by atoms with Crippen LogP contribution in [0.25, 0.3) is 11.3 Å². The molecule has 1 aromatic heterocycles. The number of carbonyl (C=O) groups excluding carboxylic acids is 2. The van der Waals surface area contributed by atoms with E-state index in [9.17, 15) is 22.8 Å². The van der Waals surface area contributed by atoms with Crippen LogP contribution in [0.1, 0.15) is 80.1 Å². The van der Waals surface area contributed by atoms with Crippen LogP contribution in [0.2, 0.25) is 0 Å². The van der Waals surface area contributed by atoms with Crippen LogP contribution in [0, 0.1) is 12.8 Å². The third-order valence-electron chi connectivity index (χ3n) is 6.81. The second-order valence-electron chi connectivity index (χ2n) is 9.52. The number of esters is 1. The van der Waals surface area contributed by atoms with Gasteiger partial charge < -0.3 is 9.30 Å². The summed E-state index contributed by atoms with van der Waals surface area (Å²) in [4.78, 5) is 24.5. The Labute approximate surface area is 203 Å². The molecule has 0 radical (unpaired) electrons. The Morgan fingerprint density at radius 2 is 1.74 bits per heavy atom. The quantitative estimate of drug-likeness (QED) is 0.298. The van der Waals surface area contributed by atoms with E-state index in [0.717, 1.165) is 31.7 Å². The molecular weight excluding hydrogens is 467 g/mol. The van der Waals surface area contributed by atoms with Crippen molar-refractivity contribution < 1.29 is 27.5 Å². The van der Waals surface area contributed by atoms with Gasteiger partial charge in [0.15, 0.2) is 0 Å². The van der Waals surface area contributed by atoms with E-state index in [2.05, 4.69) is 0 Å². The van der Waals surface area contributed by atoms with Gasteiger partial charge in [-0.05, 0) is 81.3 Å². The Morgan fingerprint density at radius 3 is 2.29 bits per heavy atom. The predicted molar refractivity (Wildman–Crippen MR) is 126 cm³/mol. The van der Waals surface area contributed by atoms with Gasteiger partial charge in [-0.1, -0.05) is 31.4 Å². The summed E-state index contributed by atoms with van der Waals surface area (Å²) in [6, 6.07) is 5.55. The van der Waals surface area contributed by atoms with Gasteiger partial charge in [-0.25, -0.2) is 4.79 Å². The van der Waals surface area contributed by atoms with Crippen LogP contribution in [-0.4, -0.2) is 22.4 Å². The van der Waals surface area contributed by atoms with Crippen LogP contribution >= 0.6 is 11.6 Å². The van der Waals surface area contributed by atoms with E-state index in [1.54, 1.807) is 26.0 Å². The molecular formula is C26H31ClF3NO3. The zero-order valence-electron chi connectivity index (χ0n) is 20.0. The highest BCUT2D eigenvalue weighted by molar-refractivity contribution is 6.65. The fourth-order valence-corrected chi connectivity index (χ4v) is 4.85. The van der Waals surface area contributed by atoms with Crippen molar-refractivity contribution in [2.75, 3.05) is 6.61 Å². The van der Waals surface area contributed by atoms with E-state index in [-0.39, 0.29) is 12.2 Å². The normalized spacial score (nSPS) is 15.4. The molecule has 0 atom stereocenters. The van der Waals surface area contributed by atoms with Crippen molar-refractivity contribution in [2.45, 2.75) is 77.9 Å². The van der Waals surface area contributed by atoms with Gasteiger partial charge in [0.1, 0.15) is 0 Å². The fourth-order valence-electron chi connectivity index (χ4n) is 4.75. The number of hydrogen-bond donors (Lipinski definition) is 0. The molecule has 1 aliphatic carbocycles. The minimum Gasteiger partial charge on any atom is -0.462 e. The van der Waals surface area contributed by atoms with Crippen LogP contribution in [-0.2, 0) is 27.7 Å². The fraction of sp³-hybridized carbons (Fsp3) is 0.538. The molecule has 0 amide bonds. The van der Waals surface area contributed by atoms with Crippen molar-refractivity contribution in [2.24, 2.45) is 5.92 Å². The molecule has 0 bridgehead atoms. The highest BCUT2D eigenvalue weighted by Crippen LogP contribution is 2.41. The standard InChI is InChI=1S/C26H31ClF3NO3/c1-5-34-23(32)19-14-22(31(16(19)2)15-17-9-7-6-8-10-17)18-11-12-20(25(3,4)24(27)33)21(13-18)26(28,29)30/h11-14,17H,5-10,15H2,1-4H3. The van der Waals surface area contributed by atoms with Crippen molar-refractivity contribution in [1.82, 2.24) is 4.57 Å². The van der Waals surface area contributed by atoms with Crippen molar-refractivity contribution in [3.63, 3.8) is 0 Å². The third kappa shape index (κ3) is 5.35. The van der Waals surface area contributed by atoms with E-state index >= 15 is 0 Å². The minimum absolute atomic E-state index is 0.184. The number of carbonyl (C=O) groups is 2. The number of hydrogen-bond acceptors (Lipinski definition) is 3. The molecule has 0 N–H and O–H groups in total. The molecule has 186 valence electrons. The molecule has 1 saturated carbocycles. The Kier molecular flexibility index (Phi) is 7.85. The molecule has 1 aliphatic rings. The number of benzene rings is 1. The first-order chi connectivity index (χ1) is 15.9. The number of nitrogens with zero attached hydrogens (tertiary/aromatic N) is 1.